The van der Waals surface area contributed by atoms with Gasteiger partial charge in [-0.05, 0) is 42.3 Å². The zero-order valence-corrected chi connectivity index (χ0v) is 13.0. The average molecular weight is 308 g/mol. The maximum absolute atomic E-state index is 14.4. The largest absolute Gasteiger partial charge is 0.494 e. The fraction of sp³-hybridized carbons (Fsp3) is 0.294. The van der Waals surface area contributed by atoms with E-state index in [4.69, 9.17) is 16.3 Å². The molecule has 0 aliphatic heterocycles. The lowest BCUT2D eigenvalue weighted by atomic mass is 9.98. The topological polar surface area (TPSA) is 21.3 Å². The maximum atomic E-state index is 14.4. The van der Waals surface area contributed by atoms with Crippen molar-refractivity contribution in [3.05, 3.63) is 52.8 Å². The van der Waals surface area contributed by atoms with Crippen LogP contribution in [-0.4, -0.2) is 13.7 Å². The monoisotopic (exact) mass is 307 g/mol. The Kier molecular flexibility index (Phi) is 5.59. The number of rotatable bonds is 6. The SMILES string of the molecule is CCCNCc1cc(Cl)ccc1-c1cccc(OC)c1F. The fourth-order valence-electron chi connectivity index (χ4n) is 2.25. The molecular formula is C17H19ClFNO. The molecule has 2 aromatic carbocycles. The lowest BCUT2D eigenvalue weighted by Gasteiger charge is -2.13. The van der Waals surface area contributed by atoms with Crippen LogP contribution in [0.5, 0.6) is 5.75 Å². The number of hydrogen-bond acceptors (Lipinski definition) is 2. The summed E-state index contributed by atoms with van der Waals surface area (Å²) >= 11 is 6.07. The second-order valence-corrected chi connectivity index (χ2v) is 5.24. The van der Waals surface area contributed by atoms with Gasteiger partial charge in [0.1, 0.15) is 0 Å². The second kappa shape index (κ2) is 7.43. The molecule has 0 bridgehead atoms. The fourth-order valence-corrected chi connectivity index (χ4v) is 2.44. The maximum Gasteiger partial charge on any atom is 0.172 e. The highest BCUT2D eigenvalue weighted by Gasteiger charge is 2.13. The van der Waals surface area contributed by atoms with Gasteiger partial charge in [0.2, 0.25) is 0 Å². The minimum atomic E-state index is -0.348. The Balaban J connectivity index is 2.43. The zero-order chi connectivity index (χ0) is 15.2. The molecular weight excluding hydrogens is 289 g/mol. The summed E-state index contributed by atoms with van der Waals surface area (Å²) in [5.41, 5.74) is 2.34. The molecule has 0 fully saturated rings. The van der Waals surface area contributed by atoms with E-state index in [0.29, 0.717) is 17.1 Å². The summed E-state index contributed by atoms with van der Waals surface area (Å²) in [5.74, 6) is -0.103. The molecule has 4 heteroatoms. The molecule has 0 heterocycles. The number of ether oxygens (including phenoxy) is 1. The van der Waals surface area contributed by atoms with Crippen LogP contribution in [0.2, 0.25) is 5.02 Å². The molecule has 0 saturated heterocycles. The lowest BCUT2D eigenvalue weighted by molar-refractivity contribution is 0.387. The van der Waals surface area contributed by atoms with Crippen LogP contribution < -0.4 is 10.1 Å². The van der Waals surface area contributed by atoms with Crippen molar-refractivity contribution in [2.24, 2.45) is 0 Å². The summed E-state index contributed by atoms with van der Waals surface area (Å²) < 4.78 is 19.5. The summed E-state index contributed by atoms with van der Waals surface area (Å²) in [6.07, 6.45) is 1.05. The van der Waals surface area contributed by atoms with Gasteiger partial charge in [-0.25, -0.2) is 4.39 Å². The van der Waals surface area contributed by atoms with E-state index in [1.165, 1.54) is 7.11 Å². The molecule has 0 unspecified atom stereocenters. The summed E-state index contributed by atoms with van der Waals surface area (Å²) in [6, 6.07) is 10.7. The number of halogens is 2. The highest BCUT2D eigenvalue weighted by molar-refractivity contribution is 6.30. The van der Waals surface area contributed by atoms with Crippen LogP contribution in [0.15, 0.2) is 36.4 Å². The number of nitrogens with one attached hydrogen (secondary N) is 1. The van der Waals surface area contributed by atoms with Crippen molar-refractivity contribution in [1.82, 2.24) is 5.32 Å². The molecule has 0 spiro atoms. The molecule has 0 radical (unpaired) electrons. The third-order valence-electron chi connectivity index (χ3n) is 3.28. The lowest BCUT2D eigenvalue weighted by Crippen LogP contribution is -2.14. The van der Waals surface area contributed by atoms with Gasteiger partial charge in [-0.15, -0.1) is 0 Å². The van der Waals surface area contributed by atoms with Crippen molar-refractivity contribution < 1.29 is 9.13 Å². The highest BCUT2D eigenvalue weighted by Crippen LogP contribution is 2.32. The molecule has 2 aromatic rings. The first kappa shape index (κ1) is 15.8. The molecule has 21 heavy (non-hydrogen) atoms. The molecule has 0 atom stereocenters. The Morgan fingerprint density at radius 2 is 2.00 bits per heavy atom. The normalized spacial score (nSPS) is 10.7. The van der Waals surface area contributed by atoms with E-state index < -0.39 is 0 Å². The van der Waals surface area contributed by atoms with Crippen LogP contribution in [0.3, 0.4) is 0 Å². The van der Waals surface area contributed by atoms with Crippen LogP contribution in [-0.2, 0) is 6.54 Å². The van der Waals surface area contributed by atoms with Gasteiger partial charge in [0.25, 0.3) is 0 Å². The number of benzene rings is 2. The molecule has 1 N–H and O–H groups in total. The van der Waals surface area contributed by atoms with Crippen molar-refractivity contribution in [3.8, 4) is 16.9 Å². The van der Waals surface area contributed by atoms with Crippen LogP contribution >= 0.6 is 11.6 Å². The third-order valence-corrected chi connectivity index (χ3v) is 3.52. The molecule has 0 aliphatic rings. The average Bonchev–Trinajstić information content (AvgIpc) is 2.48. The number of hydrogen-bond donors (Lipinski definition) is 1. The van der Waals surface area contributed by atoms with Gasteiger partial charge in [-0.3, -0.25) is 0 Å². The van der Waals surface area contributed by atoms with Gasteiger partial charge in [-0.2, -0.15) is 0 Å². The standard InChI is InChI=1S/C17H19ClFNO/c1-3-9-20-11-12-10-13(18)7-8-14(12)15-5-4-6-16(21-2)17(15)19/h4-8,10,20H,3,9,11H2,1-2H3. The molecule has 112 valence electrons. The van der Waals surface area contributed by atoms with E-state index in [1.54, 1.807) is 24.3 Å². The van der Waals surface area contributed by atoms with Gasteiger partial charge >= 0.3 is 0 Å². The first-order chi connectivity index (χ1) is 10.2. The van der Waals surface area contributed by atoms with E-state index in [1.807, 2.05) is 12.1 Å². The third kappa shape index (κ3) is 3.74. The Bertz CT molecular complexity index is 616. The van der Waals surface area contributed by atoms with Crippen molar-refractivity contribution in [2.45, 2.75) is 19.9 Å². The number of methoxy groups -OCH3 is 1. The Labute approximate surface area is 129 Å². The molecule has 2 nitrogen and oxygen atoms in total. The van der Waals surface area contributed by atoms with E-state index >= 15 is 0 Å². The summed E-state index contributed by atoms with van der Waals surface area (Å²) in [5, 5.41) is 3.97. The second-order valence-electron chi connectivity index (χ2n) is 4.80. The van der Waals surface area contributed by atoms with Crippen LogP contribution in [0, 0.1) is 5.82 Å². The van der Waals surface area contributed by atoms with Gasteiger partial charge in [0.05, 0.1) is 7.11 Å². The van der Waals surface area contributed by atoms with Gasteiger partial charge in [0, 0.05) is 17.1 Å². The van der Waals surface area contributed by atoms with E-state index in [2.05, 4.69) is 12.2 Å². The van der Waals surface area contributed by atoms with Crippen molar-refractivity contribution >= 4 is 11.6 Å². The van der Waals surface area contributed by atoms with Gasteiger partial charge in [-0.1, -0.05) is 36.7 Å². The van der Waals surface area contributed by atoms with E-state index in [-0.39, 0.29) is 11.6 Å². The van der Waals surface area contributed by atoms with Crippen LogP contribution in [0.1, 0.15) is 18.9 Å². The van der Waals surface area contributed by atoms with Crippen molar-refractivity contribution in [1.29, 1.82) is 0 Å². The minimum absolute atomic E-state index is 0.245. The van der Waals surface area contributed by atoms with Crippen molar-refractivity contribution in [3.63, 3.8) is 0 Å². The van der Waals surface area contributed by atoms with E-state index in [0.717, 1.165) is 24.1 Å². The molecule has 0 amide bonds. The van der Waals surface area contributed by atoms with Gasteiger partial charge in [0.15, 0.2) is 11.6 Å². The van der Waals surface area contributed by atoms with Gasteiger partial charge < -0.3 is 10.1 Å². The van der Waals surface area contributed by atoms with Crippen LogP contribution in [0.25, 0.3) is 11.1 Å². The Morgan fingerprint density at radius 3 is 2.71 bits per heavy atom. The molecule has 0 aromatic heterocycles. The highest BCUT2D eigenvalue weighted by atomic mass is 35.5. The Morgan fingerprint density at radius 1 is 1.19 bits per heavy atom. The first-order valence-electron chi connectivity index (χ1n) is 6.99. The quantitative estimate of drug-likeness (QED) is 0.784. The van der Waals surface area contributed by atoms with Crippen molar-refractivity contribution in [2.75, 3.05) is 13.7 Å². The van der Waals surface area contributed by atoms with E-state index in [9.17, 15) is 4.39 Å². The zero-order valence-electron chi connectivity index (χ0n) is 12.2. The predicted molar refractivity (Wildman–Crippen MR) is 85.4 cm³/mol. The molecule has 2 rings (SSSR count). The predicted octanol–water partition coefficient (Wildman–Crippen LogP) is 4.65. The summed E-state index contributed by atoms with van der Waals surface area (Å²) in [6.45, 7) is 3.67. The smallest absolute Gasteiger partial charge is 0.172 e. The first-order valence-corrected chi connectivity index (χ1v) is 7.37. The molecule has 0 aliphatic carbocycles. The minimum Gasteiger partial charge on any atom is -0.494 e. The summed E-state index contributed by atoms with van der Waals surface area (Å²) in [4.78, 5) is 0. The van der Waals surface area contributed by atoms with Crippen LogP contribution in [0.4, 0.5) is 4.39 Å². The molecule has 0 saturated carbocycles. The Hall–Kier alpha value is -1.58. The summed E-state index contributed by atoms with van der Waals surface area (Å²) in [7, 11) is 1.47.